The van der Waals surface area contributed by atoms with E-state index >= 15 is 0 Å². The largest absolute Gasteiger partial charge is 0.476 e. The van der Waals surface area contributed by atoms with E-state index in [4.69, 9.17) is 9.84 Å². The minimum atomic E-state index is -1.03. The quantitative estimate of drug-likeness (QED) is 0.799. The van der Waals surface area contributed by atoms with Crippen LogP contribution in [0, 0.1) is 0 Å². The van der Waals surface area contributed by atoms with Crippen LogP contribution in [0.2, 0.25) is 0 Å². The van der Waals surface area contributed by atoms with Crippen LogP contribution in [-0.4, -0.2) is 35.7 Å². The molecule has 3 aliphatic rings. The summed E-state index contributed by atoms with van der Waals surface area (Å²) in [4.78, 5) is 11.0. The number of fused-ring (bicyclic) bond motifs is 1. The maximum absolute atomic E-state index is 11.0. The Morgan fingerprint density at radius 3 is 2.94 bits per heavy atom. The van der Waals surface area contributed by atoms with Crippen molar-refractivity contribution in [3.8, 4) is 0 Å². The van der Waals surface area contributed by atoms with Gasteiger partial charge in [0.25, 0.3) is 0 Å². The molecule has 0 saturated carbocycles. The molecular weight excluding hydrogens is 232 g/mol. The maximum atomic E-state index is 11.0. The van der Waals surface area contributed by atoms with E-state index in [-0.39, 0.29) is 5.71 Å². The van der Waals surface area contributed by atoms with E-state index in [0.717, 1.165) is 17.7 Å². The third kappa shape index (κ3) is 1.82. The molecule has 0 radical (unpaired) electrons. The van der Waals surface area contributed by atoms with E-state index in [1.54, 1.807) is 0 Å². The summed E-state index contributed by atoms with van der Waals surface area (Å²) in [5, 5.41) is 16.7. The lowest BCUT2D eigenvalue weighted by atomic mass is 9.89. The summed E-state index contributed by atoms with van der Waals surface area (Å²) < 4.78 is 5.27. The molecule has 2 heterocycles. The molecular formula is C13H12N2O3. The third-order valence-corrected chi connectivity index (χ3v) is 3.19. The number of aliphatic carboxylic acids is 1. The third-order valence-electron chi connectivity index (χ3n) is 3.19. The van der Waals surface area contributed by atoms with Gasteiger partial charge in [-0.05, 0) is 23.6 Å². The topological polar surface area (TPSA) is 71.2 Å². The van der Waals surface area contributed by atoms with Crippen LogP contribution in [0.25, 0.3) is 0 Å². The number of nitrogens with zero attached hydrogens (tertiary/aromatic N) is 2. The van der Waals surface area contributed by atoms with Crippen LogP contribution in [0.4, 0.5) is 0 Å². The van der Waals surface area contributed by atoms with Crippen LogP contribution < -0.4 is 0 Å². The van der Waals surface area contributed by atoms with Gasteiger partial charge in [0, 0.05) is 12.0 Å². The molecule has 18 heavy (non-hydrogen) atoms. The molecule has 0 unspecified atom stereocenters. The van der Waals surface area contributed by atoms with Gasteiger partial charge in [0.15, 0.2) is 5.71 Å². The first-order valence-electron chi connectivity index (χ1n) is 5.83. The average Bonchev–Trinajstić information content (AvgIpc) is 2.82. The summed E-state index contributed by atoms with van der Waals surface area (Å²) in [5.74, 6) is -1.03. The van der Waals surface area contributed by atoms with Gasteiger partial charge in [-0.2, -0.15) is 5.10 Å². The van der Waals surface area contributed by atoms with E-state index in [9.17, 15) is 4.79 Å². The number of rotatable bonds is 2. The Bertz CT molecular complexity index is 565. The predicted octanol–water partition coefficient (Wildman–Crippen LogP) is 1.48. The number of carbonyl (C=O) groups is 1. The molecule has 5 heteroatoms. The zero-order valence-electron chi connectivity index (χ0n) is 9.72. The Hall–Kier alpha value is -2.01. The molecule has 0 aromatic carbocycles. The Balaban J connectivity index is 1.92. The van der Waals surface area contributed by atoms with Gasteiger partial charge in [0.1, 0.15) is 0 Å². The summed E-state index contributed by atoms with van der Waals surface area (Å²) in [5.41, 5.74) is 3.71. The standard InChI is InChI=1S/C13H12N2O3/c16-13(17)12-10-7-9(1-2-11(10)14-15-12)8-3-5-18-6-4-8/h1,3,7H,2,4-6H2,(H,16,17). The van der Waals surface area contributed by atoms with Crippen LogP contribution in [-0.2, 0) is 9.53 Å². The number of hydrogen-bond donors (Lipinski definition) is 1. The Labute approximate surface area is 104 Å². The predicted molar refractivity (Wildman–Crippen MR) is 66.8 cm³/mol. The molecule has 0 atom stereocenters. The zero-order valence-corrected chi connectivity index (χ0v) is 9.72. The first kappa shape index (κ1) is 11.1. The molecule has 0 saturated heterocycles. The lowest BCUT2D eigenvalue weighted by Gasteiger charge is -2.18. The summed E-state index contributed by atoms with van der Waals surface area (Å²) in [6.07, 6.45) is 7.49. The molecule has 0 fully saturated rings. The highest BCUT2D eigenvalue weighted by Gasteiger charge is 2.27. The van der Waals surface area contributed by atoms with E-state index in [2.05, 4.69) is 16.3 Å². The van der Waals surface area contributed by atoms with Gasteiger partial charge in [-0.25, -0.2) is 4.79 Å². The number of carboxylic acids is 1. The molecule has 0 spiro atoms. The SMILES string of the molecule is O=C(O)C1=NN=C2CC=C(C3=CCOCC3)C=C21. The van der Waals surface area contributed by atoms with Crippen LogP contribution in [0.5, 0.6) is 0 Å². The minimum absolute atomic E-state index is 0.0447. The lowest BCUT2D eigenvalue weighted by molar-refractivity contribution is -0.129. The Morgan fingerprint density at radius 2 is 2.22 bits per heavy atom. The molecule has 0 bridgehead atoms. The molecule has 0 aromatic heterocycles. The van der Waals surface area contributed by atoms with Crippen molar-refractivity contribution in [2.45, 2.75) is 12.8 Å². The fourth-order valence-corrected chi connectivity index (χ4v) is 2.25. The van der Waals surface area contributed by atoms with Gasteiger partial charge >= 0.3 is 5.97 Å². The van der Waals surface area contributed by atoms with E-state index < -0.39 is 5.97 Å². The van der Waals surface area contributed by atoms with Crippen LogP contribution in [0.3, 0.4) is 0 Å². The fourth-order valence-electron chi connectivity index (χ4n) is 2.25. The van der Waals surface area contributed by atoms with Gasteiger partial charge < -0.3 is 9.84 Å². The zero-order chi connectivity index (χ0) is 12.5. The number of allylic oxidation sites excluding steroid dienone is 3. The summed E-state index contributed by atoms with van der Waals surface area (Å²) in [6.45, 7) is 1.34. The van der Waals surface area contributed by atoms with E-state index in [0.29, 0.717) is 25.2 Å². The second-order valence-electron chi connectivity index (χ2n) is 4.28. The molecule has 1 N–H and O–H groups in total. The minimum Gasteiger partial charge on any atom is -0.476 e. The van der Waals surface area contributed by atoms with Gasteiger partial charge in [0.2, 0.25) is 0 Å². The molecule has 3 rings (SSSR count). The molecule has 5 nitrogen and oxygen atoms in total. The average molecular weight is 244 g/mol. The first-order valence-corrected chi connectivity index (χ1v) is 5.83. The smallest absolute Gasteiger partial charge is 0.357 e. The van der Waals surface area contributed by atoms with Gasteiger partial charge in [0.05, 0.1) is 18.9 Å². The van der Waals surface area contributed by atoms with E-state index in [1.807, 2.05) is 12.2 Å². The van der Waals surface area contributed by atoms with Crippen molar-refractivity contribution in [3.63, 3.8) is 0 Å². The van der Waals surface area contributed by atoms with Crippen molar-refractivity contribution < 1.29 is 14.6 Å². The van der Waals surface area contributed by atoms with Crippen molar-refractivity contribution in [1.82, 2.24) is 0 Å². The van der Waals surface area contributed by atoms with Crippen molar-refractivity contribution >= 4 is 17.4 Å². The monoisotopic (exact) mass is 244 g/mol. The lowest BCUT2D eigenvalue weighted by Crippen LogP contribution is -2.19. The Kier molecular flexibility index (Phi) is 2.68. The second-order valence-corrected chi connectivity index (χ2v) is 4.28. The van der Waals surface area contributed by atoms with Gasteiger partial charge in [-0.3, -0.25) is 0 Å². The fraction of sp³-hybridized carbons (Fsp3) is 0.308. The van der Waals surface area contributed by atoms with Gasteiger partial charge in [-0.15, -0.1) is 5.10 Å². The highest BCUT2D eigenvalue weighted by atomic mass is 16.5. The molecule has 1 aliphatic carbocycles. The number of ether oxygens (including phenoxy) is 1. The Morgan fingerprint density at radius 1 is 1.33 bits per heavy atom. The normalized spacial score (nSPS) is 22.3. The highest BCUT2D eigenvalue weighted by Crippen LogP contribution is 2.28. The van der Waals surface area contributed by atoms with Crippen molar-refractivity contribution in [3.05, 3.63) is 34.9 Å². The van der Waals surface area contributed by atoms with Crippen molar-refractivity contribution in [2.75, 3.05) is 13.2 Å². The summed E-state index contributed by atoms with van der Waals surface area (Å²) in [6, 6.07) is 0. The van der Waals surface area contributed by atoms with E-state index in [1.165, 1.54) is 5.57 Å². The summed E-state index contributed by atoms with van der Waals surface area (Å²) in [7, 11) is 0. The maximum Gasteiger partial charge on any atom is 0.357 e. The van der Waals surface area contributed by atoms with Crippen molar-refractivity contribution in [2.24, 2.45) is 10.2 Å². The van der Waals surface area contributed by atoms with Crippen LogP contribution >= 0.6 is 0 Å². The van der Waals surface area contributed by atoms with Crippen molar-refractivity contribution in [1.29, 1.82) is 0 Å². The summed E-state index contributed by atoms with van der Waals surface area (Å²) >= 11 is 0. The van der Waals surface area contributed by atoms with Crippen LogP contribution in [0.1, 0.15) is 12.8 Å². The second kappa shape index (κ2) is 4.34. The van der Waals surface area contributed by atoms with Gasteiger partial charge in [-0.1, -0.05) is 12.2 Å². The number of carboxylic acid groups (broad SMARTS) is 1. The molecule has 2 aliphatic heterocycles. The highest BCUT2D eigenvalue weighted by molar-refractivity contribution is 6.51. The first-order chi connectivity index (χ1) is 8.75. The molecule has 92 valence electrons. The number of hydrogen-bond acceptors (Lipinski definition) is 4. The van der Waals surface area contributed by atoms with Crippen LogP contribution in [0.15, 0.2) is 45.2 Å². The molecule has 0 amide bonds. The molecule has 0 aromatic rings.